The van der Waals surface area contributed by atoms with Crippen molar-refractivity contribution in [2.75, 3.05) is 47.5 Å². The van der Waals surface area contributed by atoms with Gasteiger partial charge in [0.1, 0.15) is 0 Å². The molecule has 0 radical (unpaired) electrons. The highest BCUT2D eigenvalue weighted by Crippen LogP contribution is 2.38. The monoisotopic (exact) mass is 548 g/mol. The largest absolute Gasteiger partial charge is 0.493 e. The second-order valence-electron chi connectivity index (χ2n) is 8.88. The lowest BCUT2D eigenvalue weighted by Gasteiger charge is -2.37. The summed E-state index contributed by atoms with van der Waals surface area (Å²) in [4.78, 5) is 31.0. The maximum atomic E-state index is 13.0. The maximum absolute atomic E-state index is 13.0. The van der Waals surface area contributed by atoms with Crippen LogP contribution in [0.3, 0.4) is 0 Å². The summed E-state index contributed by atoms with van der Waals surface area (Å²) in [6, 6.07) is 11.2. The van der Waals surface area contributed by atoms with E-state index in [2.05, 4.69) is 18.7 Å². The van der Waals surface area contributed by atoms with Gasteiger partial charge in [-0.3, -0.25) is 14.5 Å². The summed E-state index contributed by atoms with van der Waals surface area (Å²) in [5.74, 6) is 1.61. The highest BCUT2D eigenvalue weighted by atomic mass is 35.5. The Kier molecular flexibility index (Phi) is 11.8. The number of nitrogens with zero attached hydrogens (tertiary/aromatic N) is 2. The lowest BCUT2D eigenvalue weighted by molar-refractivity contribution is -0.127. The normalized spacial score (nSPS) is 14.8. The molecule has 3 rings (SSSR count). The Morgan fingerprint density at radius 2 is 1.46 bits per heavy atom. The Bertz CT molecular complexity index is 1060. The highest BCUT2D eigenvalue weighted by Gasteiger charge is 2.27. The van der Waals surface area contributed by atoms with E-state index in [1.54, 1.807) is 62.3 Å². The van der Waals surface area contributed by atoms with Crippen molar-refractivity contribution in [3.63, 3.8) is 0 Å². The molecule has 1 atom stereocenters. The molecule has 1 amide bonds. The minimum atomic E-state index is -0.236. The molecular weight excluding hydrogens is 512 g/mol. The van der Waals surface area contributed by atoms with Gasteiger partial charge in [0.2, 0.25) is 11.7 Å². The molecule has 1 aliphatic heterocycles. The van der Waals surface area contributed by atoms with Gasteiger partial charge in [0.15, 0.2) is 17.3 Å². The third-order valence-corrected chi connectivity index (χ3v) is 7.18. The molecule has 1 saturated heterocycles. The van der Waals surface area contributed by atoms with Crippen LogP contribution in [0.4, 0.5) is 0 Å². The van der Waals surface area contributed by atoms with E-state index in [1.165, 1.54) is 4.90 Å². The number of ketones is 1. The average Bonchev–Trinajstić information content (AvgIpc) is 2.90. The molecule has 0 bridgehead atoms. The Hall–Kier alpha value is -2.68. The Morgan fingerprint density at radius 3 is 1.95 bits per heavy atom. The summed E-state index contributed by atoms with van der Waals surface area (Å²) in [5.41, 5.74) is 1.50. The molecule has 7 nitrogen and oxygen atoms in total. The average molecular weight is 549 g/mol. The van der Waals surface area contributed by atoms with Crippen LogP contribution in [0.5, 0.6) is 17.2 Å². The van der Waals surface area contributed by atoms with Gasteiger partial charge in [-0.05, 0) is 42.8 Å². The van der Waals surface area contributed by atoms with Gasteiger partial charge in [-0.2, -0.15) is 0 Å². The number of thioether (sulfide) groups is 1. The van der Waals surface area contributed by atoms with E-state index < -0.39 is 0 Å². The zero-order valence-electron chi connectivity index (χ0n) is 22.4. The molecular formula is C28H37ClN2O5S. The number of carbonyl (C=O) groups is 2. The minimum Gasteiger partial charge on any atom is -0.493 e. The van der Waals surface area contributed by atoms with Gasteiger partial charge in [-0.15, -0.1) is 24.2 Å². The number of halogens is 1. The van der Waals surface area contributed by atoms with Gasteiger partial charge < -0.3 is 19.1 Å². The van der Waals surface area contributed by atoms with E-state index in [0.717, 1.165) is 11.1 Å². The standard InChI is InChI=1S/C28H36N2O5S.ClH/c1-19(2)36-23-10-8-22(9-11-23)27(32)20(3)29-13-15-30(16-14-29)26(31)12-7-21-17-24(33-4)28(35-6)25(18-21)34-5;/h7-12,17-20H,13-16H2,1-6H3;1H/b12-7+;. The fourth-order valence-corrected chi connectivity index (χ4v) is 5.01. The molecule has 1 fully saturated rings. The lowest BCUT2D eigenvalue weighted by Crippen LogP contribution is -2.52. The van der Waals surface area contributed by atoms with E-state index in [9.17, 15) is 9.59 Å². The van der Waals surface area contributed by atoms with Gasteiger partial charge in [0, 0.05) is 48.0 Å². The van der Waals surface area contributed by atoms with E-state index in [1.807, 2.05) is 31.2 Å². The molecule has 0 saturated carbocycles. The molecule has 0 aromatic heterocycles. The van der Waals surface area contributed by atoms with Crippen LogP contribution in [0.15, 0.2) is 47.4 Å². The second kappa shape index (κ2) is 14.3. The molecule has 9 heteroatoms. The van der Waals surface area contributed by atoms with Crippen LogP contribution >= 0.6 is 24.2 Å². The van der Waals surface area contributed by atoms with Crippen LogP contribution in [-0.2, 0) is 4.79 Å². The number of benzene rings is 2. The van der Waals surface area contributed by atoms with Crippen molar-refractivity contribution in [3.05, 3.63) is 53.6 Å². The van der Waals surface area contributed by atoms with Crippen LogP contribution < -0.4 is 14.2 Å². The molecule has 0 N–H and O–H groups in total. The summed E-state index contributed by atoms with van der Waals surface area (Å²) in [7, 11) is 4.67. The summed E-state index contributed by atoms with van der Waals surface area (Å²) < 4.78 is 16.1. The first-order chi connectivity index (χ1) is 17.3. The number of hydrogen-bond acceptors (Lipinski definition) is 7. The molecule has 37 heavy (non-hydrogen) atoms. The van der Waals surface area contributed by atoms with Gasteiger partial charge >= 0.3 is 0 Å². The highest BCUT2D eigenvalue weighted by molar-refractivity contribution is 7.99. The first-order valence-electron chi connectivity index (χ1n) is 12.1. The second-order valence-corrected chi connectivity index (χ2v) is 10.5. The number of ether oxygens (including phenoxy) is 3. The van der Waals surface area contributed by atoms with Crippen molar-refractivity contribution in [1.29, 1.82) is 0 Å². The molecule has 0 aliphatic carbocycles. The first kappa shape index (κ1) is 30.5. The Balaban J connectivity index is 0.00000481. The zero-order chi connectivity index (χ0) is 26.2. The number of Topliss-reactive ketones (excluding diaryl/α,β-unsaturated/α-hetero) is 1. The summed E-state index contributed by atoms with van der Waals surface area (Å²) in [5, 5.41) is 0.501. The van der Waals surface area contributed by atoms with E-state index in [0.29, 0.717) is 48.7 Å². The fourth-order valence-electron chi connectivity index (χ4n) is 4.18. The number of carbonyl (C=O) groups excluding carboxylic acids is 2. The summed E-state index contributed by atoms with van der Waals surface area (Å²) in [6.45, 7) is 8.69. The van der Waals surface area contributed by atoms with Crippen molar-refractivity contribution in [3.8, 4) is 17.2 Å². The number of methoxy groups -OCH3 is 3. The van der Waals surface area contributed by atoms with E-state index in [-0.39, 0.29) is 30.1 Å². The van der Waals surface area contributed by atoms with Crippen LogP contribution in [0, 0.1) is 0 Å². The van der Waals surface area contributed by atoms with Crippen molar-refractivity contribution >= 4 is 41.9 Å². The SMILES string of the molecule is COc1cc(/C=C/C(=O)N2CCN(C(C)C(=O)c3ccc(SC(C)C)cc3)CC2)cc(OC)c1OC.Cl. The predicted octanol–water partition coefficient (Wildman–Crippen LogP) is 5.06. The van der Waals surface area contributed by atoms with Crippen molar-refractivity contribution in [1.82, 2.24) is 9.80 Å². The molecule has 1 heterocycles. The Morgan fingerprint density at radius 1 is 0.892 bits per heavy atom. The van der Waals surface area contributed by atoms with Crippen LogP contribution in [0.1, 0.15) is 36.7 Å². The fraction of sp³-hybridized carbons (Fsp3) is 0.429. The molecule has 1 aliphatic rings. The predicted molar refractivity (Wildman–Crippen MR) is 152 cm³/mol. The first-order valence-corrected chi connectivity index (χ1v) is 13.0. The van der Waals surface area contributed by atoms with Crippen molar-refractivity contribution in [2.24, 2.45) is 0 Å². The van der Waals surface area contributed by atoms with Crippen LogP contribution in [0.2, 0.25) is 0 Å². The summed E-state index contributed by atoms with van der Waals surface area (Å²) in [6.07, 6.45) is 3.30. The molecule has 2 aromatic rings. The van der Waals surface area contributed by atoms with Crippen LogP contribution in [0.25, 0.3) is 6.08 Å². The van der Waals surface area contributed by atoms with Gasteiger partial charge in [0.05, 0.1) is 27.4 Å². The molecule has 202 valence electrons. The molecule has 2 aromatic carbocycles. The number of hydrogen-bond donors (Lipinski definition) is 0. The van der Waals surface area contributed by atoms with E-state index >= 15 is 0 Å². The van der Waals surface area contributed by atoms with Crippen molar-refractivity contribution < 1.29 is 23.8 Å². The number of rotatable bonds is 10. The number of amides is 1. The third kappa shape index (κ3) is 7.90. The van der Waals surface area contributed by atoms with Gasteiger partial charge in [-0.25, -0.2) is 0 Å². The third-order valence-electron chi connectivity index (χ3n) is 6.17. The van der Waals surface area contributed by atoms with Gasteiger partial charge in [-0.1, -0.05) is 26.0 Å². The molecule has 1 unspecified atom stereocenters. The Labute approximate surface area is 230 Å². The zero-order valence-corrected chi connectivity index (χ0v) is 24.0. The molecule has 0 spiro atoms. The summed E-state index contributed by atoms with van der Waals surface area (Å²) >= 11 is 1.78. The minimum absolute atomic E-state index is 0. The quantitative estimate of drug-likeness (QED) is 0.233. The topological polar surface area (TPSA) is 68.3 Å². The lowest BCUT2D eigenvalue weighted by atomic mass is 10.0. The van der Waals surface area contributed by atoms with Gasteiger partial charge in [0.25, 0.3) is 0 Å². The van der Waals surface area contributed by atoms with E-state index in [4.69, 9.17) is 14.2 Å². The van der Waals surface area contributed by atoms with Crippen molar-refractivity contribution in [2.45, 2.75) is 37.0 Å². The maximum Gasteiger partial charge on any atom is 0.246 e. The van der Waals surface area contributed by atoms with Crippen LogP contribution in [-0.4, -0.2) is 80.3 Å². The number of piperazine rings is 1. The smallest absolute Gasteiger partial charge is 0.246 e.